The molecule has 1 unspecified atom stereocenters. The van der Waals surface area contributed by atoms with Gasteiger partial charge in [-0.15, -0.1) is 0 Å². The molecule has 1 fully saturated rings. The third kappa shape index (κ3) is 5.35. The zero-order chi connectivity index (χ0) is 16.8. The number of anilines is 1. The molecule has 1 saturated heterocycles. The number of rotatable bonds is 6. The normalized spacial score (nSPS) is 17.7. The highest BCUT2D eigenvalue weighted by Crippen LogP contribution is 2.33. The quantitative estimate of drug-likeness (QED) is 0.832. The SMILES string of the molecule is O=C(CC1CCCC(=O)N1)Nc1cccc(Cl)c1OCC(F)F. The van der Waals surface area contributed by atoms with Gasteiger partial charge >= 0.3 is 0 Å². The average molecular weight is 347 g/mol. The number of alkyl halides is 2. The molecule has 8 heteroatoms. The number of nitrogens with one attached hydrogen (secondary N) is 2. The smallest absolute Gasteiger partial charge is 0.272 e. The topological polar surface area (TPSA) is 67.4 Å². The Balaban J connectivity index is 1.99. The Kier molecular flexibility index (Phi) is 6.15. The molecule has 1 aromatic carbocycles. The minimum atomic E-state index is -2.65. The molecule has 2 rings (SSSR count). The molecule has 1 aromatic rings. The highest BCUT2D eigenvalue weighted by Gasteiger charge is 2.21. The van der Waals surface area contributed by atoms with Gasteiger partial charge in [0.2, 0.25) is 11.8 Å². The van der Waals surface area contributed by atoms with Crippen molar-refractivity contribution in [1.82, 2.24) is 5.32 Å². The standard InChI is InChI=1S/C15H17ClF2N2O3/c16-10-4-2-5-11(15(10)23-8-12(17)18)20-14(22)7-9-3-1-6-13(21)19-9/h2,4-5,9,12H,1,3,6-8H2,(H,19,21)(H,20,22). The Bertz CT molecular complexity index is 584. The number of benzene rings is 1. The lowest BCUT2D eigenvalue weighted by molar-refractivity contribution is -0.124. The number of hydrogen-bond donors (Lipinski definition) is 2. The van der Waals surface area contributed by atoms with E-state index in [1.54, 1.807) is 6.07 Å². The minimum Gasteiger partial charge on any atom is -0.484 e. The van der Waals surface area contributed by atoms with Crippen molar-refractivity contribution in [3.8, 4) is 5.75 Å². The van der Waals surface area contributed by atoms with Crippen LogP contribution in [0.3, 0.4) is 0 Å². The molecule has 2 N–H and O–H groups in total. The maximum atomic E-state index is 12.3. The van der Waals surface area contributed by atoms with Crippen LogP contribution in [0.1, 0.15) is 25.7 Å². The largest absolute Gasteiger partial charge is 0.484 e. The van der Waals surface area contributed by atoms with E-state index < -0.39 is 13.0 Å². The van der Waals surface area contributed by atoms with Crippen molar-refractivity contribution in [1.29, 1.82) is 0 Å². The van der Waals surface area contributed by atoms with E-state index in [0.29, 0.717) is 6.42 Å². The zero-order valence-corrected chi connectivity index (χ0v) is 13.0. The van der Waals surface area contributed by atoms with E-state index in [9.17, 15) is 18.4 Å². The summed E-state index contributed by atoms with van der Waals surface area (Å²) < 4.78 is 29.6. The Hall–Kier alpha value is -1.89. The van der Waals surface area contributed by atoms with Gasteiger partial charge in [-0.1, -0.05) is 17.7 Å². The number of amides is 2. The summed E-state index contributed by atoms with van der Waals surface area (Å²) in [6, 6.07) is 4.36. The van der Waals surface area contributed by atoms with Crippen LogP contribution in [0, 0.1) is 0 Å². The van der Waals surface area contributed by atoms with Crippen LogP contribution in [0.15, 0.2) is 18.2 Å². The molecule has 23 heavy (non-hydrogen) atoms. The maximum absolute atomic E-state index is 12.3. The van der Waals surface area contributed by atoms with Gasteiger partial charge < -0.3 is 15.4 Å². The van der Waals surface area contributed by atoms with Crippen LogP contribution in [0.25, 0.3) is 0 Å². The Morgan fingerprint density at radius 1 is 1.48 bits per heavy atom. The van der Waals surface area contributed by atoms with E-state index in [-0.39, 0.29) is 40.7 Å². The summed E-state index contributed by atoms with van der Waals surface area (Å²) in [6.07, 6.45) is -0.607. The molecule has 1 heterocycles. The van der Waals surface area contributed by atoms with Crippen LogP contribution in [-0.2, 0) is 9.59 Å². The van der Waals surface area contributed by atoms with Crippen LogP contribution < -0.4 is 15.4 Å². The van der Waals surface area contributed by atoms with Crippen LogP contribution in [-0.4, -0.2) is 30.9 Å². The van der Waals surface area contributed by atoms with Gasteiger partial charge in [-0.25, -0.2) is 8.78 Å². The molecule has 0 radical (unpaired) electrons. The highest BCUT2D eigenvalue weighted by atomic mass is 35.5. The Morgan fingerprint density at radius 3 is 2.96 bits per heavy atom. The molecule has 1 atom stereocenters. The molecule has 5 nitrogen and oxygen atoms in total. The van der Waals surface area contributed by atoms with Crippen molar-refractivity contribution < 1.29 is 23.1 Å². The van der Waals surface area contributed by atoms with Gasteiger partial charge in [0, 0.05) is 18.9 Å². The second-order valence-corrected chi connectivity index (χ2v) is 5.63. The molecule has 1 aliphatic rings. The van der Waals surface area contributed by atoms with E-state index >= 15 is 0 Å². The summed E-state index contributed by atoms with van der Waals surface area (Å²) in [7, 11) is 0. The number of ether oxygens (including phenoxy) is 1. The maximum Gasteiger partial charge on any atom is 0.272 e. The molecule has 1 aliphatic heterocycles. The van der Waals surface area contributed by atoms with E-state index in [4.69, 9.17) is 16.3 Å². The second kappa shape index (κ2) is 8.10. The van der Waals surface area contributed by atoms with Crippen molar-refractivity contribution in [2.75, 3.05) is 11.9 Å². The fourth-order valence-electron chi connectivity index (χ4n) is 2.36. The van der Waals surface area contributed by atoms with E-state index in [1.165, 1.54) is 12.1 Å². The van der Waals surface area contributed by atoms with Crippen molar-refractivity contribution in [3.05, 3.63) is 23.2 Å². The highest BCUT2D eigenvalue weighted by molar-refractivity contribution is 6.32. The van der Waals surface area contributed by atoms with Crippen molar-refractivity contribution in [3.63, 3.8) is 0 Å². The Labute approximate surface area is 137 Å². The first-order chi connectivity index (χ1) is 11.0. The molecule has 2 amide bonds. The molecule has 0 bridgehead atoms. The van der Waals surface area contributed by atoms with Crippen LogP contribution >= 0.6 is 11.6 Å². The minimum absolute atomic E-state index is 0.00972. The molecule has 0 saturated carbocycles. The van der Waals surface area contributed by atoms with Gasteiger partial charge in [-0.2, -0.15) is 0 Å². The van der Waals surface area contributed by atoms with Gasteiger partial charge in [0.15, 0.2) is 5.75 Å². The number of para-hydroxylation sites is 1. The van der Waals surface area contributed by atoms with E-state index in [1.807, 2.05) is 0 Å². The third-order valence-corrected chi connectivity index (χ3v) is 3.65. The van der Waals surface area contributed by atoms with Crippen LogP contribution in [0.5, 0.6) is 5.75 Å². The molecule has 0 spiro atoms. The lowest BCUT2D eigenvalue weighted by Gasteiger charge is -2.23. The number of piperidine rings is 1. The van der Waals surface area contributed by atoms with Crippen LogP contribution in [0.4, 0.5) is 14.5 Å². The predicted octanol–water partition coefficient (Wildman–Crippen LogP) is 2.98. The number of hydrogen-bond acceptors (Lipinski definition) is 3. The second-order valence-electron chi connectivity index (χ2n) is 5.23. The first-order valence-corrected chi connectivity index (χ1v) is 7.62. The van der Waals surface area contributed by atoms with Gasteiger partial charge in [0.25, 0.3) is 6.43 Å². The Morgan fingerprint density at radius 2 is 2.26 bits per heavy atom. The molecule has 126 valence electrons. The third-order valence-electron chi connectivity index (χ3n) is 3.35. The van der Waals surface area contributed by atoms with Crippen LogP contribution in [0.2, 0.25) is 5.02 Å². The van der Waals surface area contributed by atoms with Crippen molar-refractivity contribution >= 4 is 29.1 Å². The summed E-state index contributed by atoms with van der Waals surface area (Å²) in [5, 5.41) is 5.47. The first-order valence-electron chi connectivity index (χ1n) is 7.24. The number of halogens is 3. The summed E-state index contributed by atoms with van der Waals surface area (Å²) in [5.74, 6) is -0.408. The summed E-state index contributed by atoms with van der Waals surface area (Å²) in [4.78, 5) is 23.4. The summed E-state index contributed by atoms with van der Waals surface area (Å²) in [5.41, 5.74) is 0.227. The van der Waals surface area contributed by atoms with Gasteiger partial charge in [0.05, 0.1) is 10.7 Å². The van der Waals surface area contributed by atoms with E-state index in [2.05, 4.69) is 10.6 Å². The molecular weight excluding hydrogens is 330 g/mol. The monoisotopic (exact) mass is 346 g/mol. The fraction of sp³-hybridized carbons (Fsp3) is 0.467. The van der Waals surface area contributed by atoms with Crippen molar-refractivity contribution in [2.24, 2.45) is 0 Å². The first kappa shape index (κ1) is 17.5. The lowest BCUT2D eigenvalue weighted by atomic mass is 10.0. The number of carbonyl (C=O) groups excluding carboxylic acids is 2. The van der Waals surface area contributed by atoms with Crippen molar-refractivity contribution in [2.45, 2.75) is 38.2 Å². The lowest BCUT2D eigenvalue weighted by Crippen LogP contribution is -2.40. The summed E-state index contributed by atoms with van der Waals surface area (Å²) >= 11 is 5.93. The summed E-state index contributed by atoms with van der Waals surface area (Å²) in [6.45, 7) is -0.814. The molecular formula is C15H17ClF2N2O3. The zero-order valence-electron chi connectivity index (χ0n) is 12.3. The van der Waals surface area contributed by atoms with Gasteiger partial charge in [-0.05, 0) is 25.0 Å². The van der Waals surface area contributed by atoms with Gasteiger partial charge in [0.1, 0.15) is 6.61 Å². The fourth-order valence-corrected chi connectivity index (χ4v) is 2.59. The average Bonchev–Trinajstić information content (AvgIpc) is 2.46. The molecule has 0 aromatic heterocycles. The van der Waals surface area contributed by atoms with E-state index in [0.717, 1.165) is 12.8 Å². The van der Waals surface area contributed by atoms with Gasteiger partial charge in [-0.3, -0.25) is 9.59 Å². The molecule has 0 aliphatic carbocycles. The number of carbonyl (C=O) groups is 2. The predicted molar refractivity (Wildman–Crippen MR) is 82.0 cm³/mol.